The van der Waals surface area contributed by atoms with Crippen molar-refractivity contribution in [2.24, 2.45) is 0 Å². The number of carbonyl (C=O) groups is 1. The Morgan fingerprint density at radius 3 is 2.69 bits per heavy atom. The highest BCUT2D eigenvalue weighted by Crippen LogP contribution is 2.39. The van der Waals surface area contributed by atoms with Crippen molar-refractivity contribution in [2.45, 2.75) is 13.8 Å². The van der Waals surface area contributed by atoms with E-state index in [0.717, 1.165) is 16.3 Å². The second-order valence-electron chi connectivity index (χ2n) is 8.04. The van der Waals surface area contributed by atoms with E-state index < -0.39 is 5.76 Å². The topological polar surface area (TPSA) is 151 Å². The molecule has 0 aliphatic carbocycles. The molecule has 36 heavy (non-hydrogen) atoms. The number of nitrogens with one attached hydrogen (secondary N) is 3. The fraction of sp³-hybridized carbons (Fsp3) is 0.304. The van der Waals surface area contributed by atoms with Crippen molar-refractivity contribution >= 4 is 23.2 Å². The summed E-state index contributed by atoms with van der Waals surface area (Å²) < 4.78 is 11.2. The van der Waals surface area contributed by atoms with E-state index in [1.165, 1.54) is 17.5 Å². The maximum absolute atomic E-state index is 12.1. The first-order valence-corrected chi connectivity index (χ1v) is 12.0. The second kappa shape index (κ2) is 11.1. The Labute approximate surface area is 210 Å². The number of H-pyrrole nitrogens is 1. The SMILES string of the molecule is CCNC(=O)Nc1cc(-c2nc(C)cs2)c(-c2cc(-c3n[nH]c(=O)o3)cnc2OCCN(C)C)cn1. The number of nitrogens with zero attached hydrogens (tertiary/aromatic N) is 5. The third kappa shape index (κ3) is 5.93. The lowest BCUT2D eigenvalue weighted by molar-refractivity contribution is 0.252. The van der Waals surface area contributed by atoms with E-state index in [1.54, 1.807) is 18.3 Å². The van der Waals surface area contributed by atoms with E-state index in [0.29, 0.717) is 48.1 Å². The number of thiazole rings is 1. The summed E-state index contributed by atoms with van der Waals surface area (Å²) >= 11 is 1.47. The predicted octanol–water partition coefficient (Wildman–Crippen LogP) is 3.00. The Morgan fingerprint density at radius 1 is 1.19 bits per heavy atom. The van der Waals surface area contributed by atoms with Gasteiger partial charge < -0.3 is 19.4 Å². The lowest BCUT2D eigenvalue weighted by atomic mass is 10.0. The van der Waals surface area contributed by atoms with Gasteiger partial charge in [-0.25, -0.2) is 29.6 Å². The van der Waals surface area contributed by atoms with Gasteiger partial charge in [0, 0.05) is 53.2 Å². The van der Waals surface area contributed by atoms with Gasteiger partial charge >= 0.3 is 11.8 Å². The van der Waals surface area contributed by atoms with E-state index >= 15 is 0 Å². The third-order valence-corrected chi connectivity index (χ3v) is 5.93. The molecule has 0 fully saturated rings. The molecule has 0 saturated heterocycles. The van der Waals surface area contributed by atoms with Crippen LogP contribution >= 0.6 is 11.3 Å². The molecule has 4 aromatic rings. The minimum absolute atomic E-state index is 0.0997. The van der Waals surface area contributed by atoms with Gasteiger partial charge in [-0.2, -0.15) is 0 Å². The van der Waals surface area contributed by atoms with Crippen molar-refractivity contribution in [2.75, 3.05) is 39.1 Å². The maximum Gasteiger partial charge on any atom is 0.434 e. The zero-order valence-corrected chi connectivity index (χ0v) is 21.1. The molecule has 0 aliphatic rings. The molecule has 2 amide bonds. The first-order valence-electron chi connectivity index (χ1n) is 11.1. The first kappa shape index (κ1) is 25.0. The van der Waals surface area contributed by atoms with Crippen LogP contribution in [-0.4, -0.2) is 69.9 Å². The number of urea groups is 1. The molecular formula is C23H26N8O4S. The molecule has 4 aromatic heterocycles. The highest BCUT2D eigenvalue weighted by molar-refractivity contribution is 7.13. The number of anilines is 1. The molecular weight excluding hydrogens is 484 g/mol. The summed E-state index contributed by atoms with van der Waals surface area (Å²) in [7, 11) is 3.90. The van der Waals surface area contributed by atoms with E-state index in [4.69, 9.17) is 9.15 Å². The van der Waals surface area contributed by atoms with Crippen molar-refractivity contribution < 1.29 is 13.9 Å². The van der Waals surface area contributed by atoms with Crippen molar-refractivity contribution in [1.29, 1.82) is 0 Å². The Balaban J connectivity index is 1.84. The van der Waals surface area contributed by atoms with E-state index in [1.807, 2.05) is 38.2 Å². The summed E-state index contributed by atoms with van der Waals surface area (Å²) in [6.45, 7) is 5.31. The molecule has 4 heterocycles. The van der Waals surface area contributed by atoms with Gasteiger partial charge in [-0.3, -0.25) is 5.32 Å². The van der Waals surface area contributed by atoms with Crippen LogP contribution in [0, 0.1) is 6.92 Å². The zero-order chi connectivity index (χ0) is 25.7. The smallest absolute Gasteiger partial charge is 0.434 e. The number of ether oxygens (including phenoxy) is 1. The van der Waals surface area contributed by atoms with Crippen molar-refractivity contribution in [3.05, 3.63) is 46.2 Å². The molecule has 12 nitrogen and oxygen atoms in total. The Bertz CT molecular complexity index is 1410. The second-order valence-corrected chi connectivity index (χ2v) is 8.90. The summed E-state index contributed by atoms with van der Waals surface area (Å²) in [5.41, 5.74) is 3.36. The molecule has 188 valence electrons. The number of hydrogen-bond acceptors (Lipinski definition) is 10. The van der Waals surface area contributed by atoms with Crippen LogP contribution < -0.4 is 21.1 Å². The van der Waals surface area contributed by atoms with E-state index in [9.17, 15) is 9.59 Å². The van der Waals surface area contributed by atoms with Crippen molar-refractivity contribution in [3.63, 3.8) is 0 Å². The third-order valence-electron chi connectivity index (χ3n) is 4.94. The Hall–Kier alpha value is -4.10. The number of hydrogen-bond donors (Lipinski definition) is 3. The number of pyridine rings is 2. The Kier molecular flexibility index (Phi) is 7.71. The summed E-state index contributed by atoms with van der Waals surface area (Å²) in [5, 5.41) is 14.3. The summed E-state index contributed by atoms with van der Waals surface area (Å²) in [6.07, 6.45) is 3.16. The van der Waals surface area contributed by atoms with Gasteiger partial charge in [-0.1, -0.05) is 0 Å². The van der Waals surface area contributed by atoms with Crippen LogP contribution in [0.15, 0.2) is 39.1 Å². The number of amides is 2. The van der Waals surface area contributed by atoms with Gasteiger partial charge in [0.1, 0.15) is 17.4 Å². The fourth-order valence-electron chi connectivity index (χ4n) is 3.27. The van der Waals surface area contributed by atoms with Crippen LogP contribution in [0.5, 0.6) is 5.88 Å². The average Bonchev–Trinajstić information content (AvgIpc) is 3.47. The number of aryl methyl sites for hydroxylation is 1. The van der Waals surface area contributed by atoms with E-state index in [-0.39, 0.29) is 11.9 Å². The molecule has 0 radical (unpaired) electrons. The highest BCUT2D eigenvalue weighted by atomic mass is 32.1. The van der Waals surface area contributed by atoms with Crippen molar-refractivity contribution in [3.8, 4) is 39.0 Å². The molecule has 0 atom stereocenters. The zero-order valence-electron chi connectivity index (χ0n) is 20.3. The van der Waals surface area contributed by atoms with Gasteiger partial charge in [-0.05, 0) is 40.1 Å². The van der Waals surface area contributed by atoms with Crippen LogP contribution in [0.2, 0.25) is 0 Å². The van der Waals surface area contributed by atoms with Gasteiger partial charge in [0.05, 0.1) is 5.56 Å². The largest absolute Gasteiger partial charge is 0.476 e. The lowest BCUT2D eigenvalue weighted by Gasteiger charge is -2.16. The van der Waals surface area contributed by atoms with Crippen LogP contribution in [-0.2, 0) is 0 Å². The molecule has 4 rings (SSSR count). The highest BCUT2D eigenvalue weighted by Gasteiger charge is 2.20. The van der Waals surface area contributed by atoms with Crippen molar-refractivity contribution in [1.82, 2.24) is 35.4 Å². The van der Waals surface area contributed by atoms with Crippen LogP contribution in [0.1, 0.15) is 12.6 Å². The molecule has 0 aromatic carbocycles. The normalized spacial score (nSPS) is 11.0. The van der Waals surface area contributed by atoms with E-state index in [2.05, 4.69) is 35.8 Å². The number of likely N-dealkylation sites (N-methyl/N-ethyl adjacent to an activating group) is 1. The maximum atomic E-state index is 12.1. The van der Waals surface area contributed by atoms with Crippen LogP contribution in [0.25, 0.3) is 33.2 Å². The lowest BCUT2D eigenvalue weighted by Crippen LogP contribution is -2.28. The number of aromatic amines is 1. The molecule has 0 bridgehead atoms. The van der Waals surface area contributed by atoms with Crippen LogP contribution in [0.3, 0.4) is 0 Å². The number of rotatable bonds is 9. The average molecular weight is 511 g/mol. The molecule has 0 saturated carbocycles. The monoisotopic (exact) mass is 510 g/mol. The first-order chi connectivity index (χ1) is 17.3. The minimum Gasteiger partial charge on any atom is -0.476 e. The molecule has 0 aliphatic heterocycles. The summed E-state index contributed by atoms with van der Waals surface area (Å²) in [5.74, 6) is 0.172. The molecule has 13 heteroatoms. The van der Waals surface area contributed by atoms with Gasteiger partial charge in [-0.15, -0.1) is 16.4 Å². The standard InChI is InChI=1S/C23H26N8O4S/c1-5-24-22(32)28-18-9-16(21-27-13(2)12-36-21)17(11-25-18)15-8-14(19-29-30-23(33)35-19)10-26-20(15)34-7-6-31(3)4/h8-12H,5-7H2,1-4H3,(H,30,33)(H2,24,25,28,32). The Morgan fingerprint density at radius 2 is 2.03 bits per heavy atom. The summed E-state index contributed by atoms with van der Waals surface area (Å²) in [4.78, 5) is 39.2. The molecule has 3 N–H and O–H groups in total. The summed E-state index contributed by atoms with van der Waals surface area (Å²) in [6, 6.07) is 3.17. The van der Waals surface area contributed by atoms with Gasteiger partial charge in [0.2, 0.25) is 5.88 Å². The number of aromatic nitrogens is 5. The predicted molar refractivity (Wildman–Crippen MR) is 136 cm³/mol. The molecule has 0 unspecified atom stereocenters. The number of carbonyl (C=O) groups excluding carboxylic acids is 1. The quantitative estimate of drug-likeness (QED) is 0.309. The van der Waals surface area contributed by atoms with Gasteiger partial charge in [0.15, 0.2) is 0 Å². The van der Waals surface area contributed by atoms with Crippen LogP contribution in [0.4, 0.5) is 10.6 Å². The van der Waals surface area contributed by atoms with Gasteiger partial charge in [0.25, 0.3) is 5.89 Å². The minimum atomic E-state index is -0.667. The fourth-order valence-corrected chi connectivity index (χ4v) is 4.10. The molecule has 0 spiro atoms.